The second-order valence-electron chi connectivity index (χ2n) is 7.55. The van der Waals surface area contributed by atoms with Gasteiger partial charge >= 0.3 is 0 Å². The maximum Gasteiger partial charge on any atom is 0.135 e. The van der Waals surface area contributed by atoms with Gasteiger partial charge in [0.2, 0.25) is 0 Å². The molecule has 4 rings (SSSR count). The van der Waals surface area contributed by atoms with Crippen LogP contribution < -0.4 is 4.90 Å². The van der Waals surface area contributed by atoms with Gasteiger partial charge in [0.25, 0.3) is 0 Å². The van der Waals surface area contributed by atoms with Gasteiger partial charge in [0.05, 0.1) is 43.9 Å². The first kappa shape index (κ1) is 20.7. The summed E-state index contributed by atoms with van der Waals surface area (Å²) in [6.07, 6.45) is 6.47. The van der Waals surface area contributed by atoms with E-state index in [4.69, 9.17) is 9.47 Å². The summed E-state index contributed by atoms with van der Waals surface area (Å²) < 4.78 is 12.9. The Morgan fingerprint density at radius 1 is 1.07 bits per heavy atom. The number of piperazine rings is 1. The molecule has 1 aliphatic rings. The quantitative estimate of drug-likeness (QED) is 0.502. The third kappa shape index (κ3) is 4.77. The van der Waals surface area contributed by atoms with E-state index in [2.05, 4.69) is 54.4 Å². The summed E-state index contributed by atoms with van der Waals surface area (Å²) in [4.78, 5) is 18.1. The first-order valence-corrected chi connectivity index (χ1v) is 10.5. The molecule has 0 radical (unpaired) electrons. The second kappa shape index (κ2) is 9.97. The fourth-order valence-corrected chi connectivity index (χ4v) is 3.84. The number of benzene rings is 1. The van der Waals surface area contributed by atoms with E-state index in [1.807, 2.05) is 12.5 Å². The van der Waals surface area contributed by atoms with Crippen molar-refractivity contribution >= 4 is 16.9 Å². The summed E-state index contributed by atoms with van der Waals surface area (Å²) >= 11 is 0. The van der Waals surface area contributed by atoms with E-state index in [0.29, 0.717) is 19.8 Å². The Labute approximate surface area is 177 Å². The number of nitrogens with zero attached hydrogens (tertiary/aromatic N) is 6. The highest BCUT2D eigenvalue weighted by Crippen LogP contribution is 2.20. The Balaban J connectivity index is 1.38. The number of aromatic nitrogens is 4. The van der Waals surface area contributed by atoms with Crippen LogP contribution in [0.3, 0.4) is 0 Å². The van der Waals surface area contributed by atoms with Crippen LogP contribution >= 0.6 is 0 Å². The molecule has 8 heteroatoms. The van der Waals surface area contributed by atoms with Crippen molar-refractivity contribution in [1.82, 2.24) is 24.4 Å². The Morgan fingerprint density at radius 2 is 1.93 bits per heavy atom. The van der Waals surface area contributed by atoms with Gasteiger partial charge in [-0.25, -0.2) is 15.0 Å². The topological polar surface area (TPSA) is 68.5 Å². The van der Waals surface area contributed by atoms with Crippen molar-refractivity contribution in [2.45, 2.75) is 26.6 Å². The molecule has 3 aromatic rings. The standard InChI is InChI=1S/C22H30N6O2/c1-3-19-13-23-15-24-22(19)27-8-6-26(7-9-27)17-28-16-25-20-5-4-18(12-21(20)28)14-30-11-10-29-2/h4-5,12-13,15-16H,3,6-11,14,17H2,1-2H3. The highest BCUT2D eigenvalue weighted by atomic mass is 16.5. The predicted molar refractivity (Wildman–Crippen MR) is 116 cm³/mol. The molecule has 0 N–H and O–H groups in total. The zero-order chi connectivity index (χ0) is 20.8. The van der Waals surface area contributed by atoms with Crippen molar-refractivity contribution in [2.24, 2.45) is 0 Å². The second-order valence-corrected chi connectivity index (χ2v) is 7.55. The van der Waals surface area contributed by atoms with E-state index in [1.54, 1.807) is 13.4 Å². The van der Waals surface area contributed by atoms with Crippen molar-refractivity contribution < 1.29 is 9.47 Å². The minimum atomic E-state index is 0.585. The van der Waals surface area contributed by atoms with E-state index < -0.39 is 0 Å². The van der Waals surface area contributed by atoms with Crippen LogP contribution in [0.1, 0.15) is 18.1 Å². The van der Waals surface area contributed by atoms with Crippen LogP contribution in [0.15, 0.2) is 37.1 Å². The van der Waals surface area contributed by atoms with E-state index in [0.717, 1.165) is 61.7 Å². The van der Waals surface area contributed by atoms with E-state index >= 15 is 0 Å². The molecule has 0 bridgehead atoms. The van der Waals surface area contributed by atoms with Crippen molar-refractivity contribution in [3.63, 3.8) is 0 Å². The van der Waals surface area contributed by atoms with Crippen molar-refractivity contribution in [3.8, 4) is 0 Å². The average molecular weight is 411 g/mol. The highest BCUT2D eigenvalue weighted by Gasteiger charge is 2.20. The zero-order valence-electron chi connectivity index (χ0n) is 17.8. The van der Waals surface area contributed by atoms with Gasteiger partial charge in [-0.3, -0.25) is 4.90 Å². The third-order valence-electron chi connectivity index (χ3n) is 5.56. The van der Waals surface area contributed by atoms with Crippen LogP contribution in [0.25, 0.3) is 11.0 Å². The Kier molecular flexibility index (Phi) is 6.88. The molecule has 0 saturated carbocycles. The first-order chi connectivity index (χ1) is 14.8. The fourth-order valence-electron chi connectivity index (χ4n) is 3.84. The zero-order valence-corrected chi connectivity index (χ0v) is 17.8. The monoisotopic (exact) mass is 410 g/mol. The predicted octanol–water partition coefficient (Wildman–Crippen LogP) is 2.33. The van der Waals surface area contributed by atoms with E-state index in [9.17, 15) is 0 Å². The van der Waals surface area contributed by atoms with E-state index in [1.165, 1.54) is 5.56 Å². The summed E-state index contributed by atoms with van der Waals surface area (Å²) in [7, 11) is 1.68. The van der Waals surface area contributed by atoms with Crippen molar-refractivity contribution in [2.75, 3.05) is 51.4 Å². The van der Waals surface area contributed by atoms with Crippen molar-refractivity contribution in [1.29, 1.82) is 0 Å². The van der Waals surface area contributed by atoms with Gasteiger partial charge in [-0.15, -0.1) is 0 Å². The molecule has 2 aromatic heterocycles. The lowest BCUT2D eigenvalue weighted by molar-refractivity contribution is 0.0617. The largest absolute Gasteiger partial charge is 0.382 e. The molecule has 1 aliphatic heterocycles. The minimum Gasteiger partial charge on any atom is -0.382 e. The molecule has 8 nitrogen and oxygen atoms in total. The van der Waals surface area contributed by atoms with Gasteiger partial charge in [0.15, 0.2) is 0 Å². The van der Waals surface area contributed by atoms with Crippen LogP contribution in [0.2, 0.25) is 0 Å². The summed E-state index contributed by atoms with van der Waals surface area (Å²) in [5.74, 6) is 1.08. The lowest BCUT2D eigenvalue weighted by Gasteiger charge is -2.36. The molecule has 160 valence electrons. The number of methoxy groups -OCH3 is 1. The highest BCUT2D eigenvalue weighted by molar-refractivity contribution is 5.76. The van der Waals surface area contributed by atoms with Crippen molar-refractivity contribution in [3.05, 3.63) is 48.2 Å². The molecule has 3 heterocycles. The van der Waals surface area contributed by atoms with Gasteiger partial charge < -0.3 is 18.9 Å². The summed E-state index contributed by atoms with van der Waals surface area (Å²) in [5, 5.41) is 0. The molecule has 0 unspecified atom stereocenters. The van der Waals surface area contributed by atoms with Gasteiger partial charge in [-0.1, -0.05) is 13.0 Å². The van der Waals surface area contributed by atoms with Gasteiger partial charge in [-0.2, -0.15) is 0 Å². The lowest BCUT2D eigenvalue weighted by Crippen LogP contribution is -2.47. The van der Waals surface area contributed by atoms with Gasteiger partial charge in [0.1, 0.15) is 12.1 Å². The molecule has 30 heavy (non-hydrogen) atoms. The number of aryl methyl sites for hydroxylation is 1. The molecule has 1 fully saturated rings. The Hall–Kier alpha value is -2.55. The number of fused-ring (bicyclic) bond motifs is 1. The lowest BCUT2D eigenvalue weighted by atomic mass is 10.2. The number of hydrogen-bond donors (Lipinski definition) is 0. The number of anilines is 1. The normalized spacial score (nSPS) is 15.2. The SMILES string of the molecule is CCc1cncnc1N1CCN(Cn2cnc3ccc(COCCOC)cc32)CC1. The molecular formula is C22H30N6O2. The van der Waals surface area contributed by atoms with Gasteiger partial charge in [-0.05, 0) is 24.1 Å². The first-order valence-electron chi connectivity index (χ1n) is 10.5. The van der Waals surface area contributed by atoms with Crippen LogP contribution in [-0.4, -0.2) is 70.9 Å². The number of ether oxygens (including phenoxy) is 2. The fraction of sp³-hybridized carbons (Fsp3) is 0.500. The molecular weight excluding hydrogens is 380 g/mol. The molecule has 1 saturated heterocycles. The maximum absolute atomic E-state index is 5.67. The molecule has 0 spiro atoms. The molecule has 1 aromatic carbocycles. The van der Waals surface area contributed by atoms with Crippen LogP contribution in [-0.2, 0) is 29.2 Å². The number of hydrogen-bond acceptors (Lipinski definition) is 7. The summed E-state index contributed by atoms with van der Waals surface area (Å²) in [6, 6.07) is 6.33. The molecule has 0 aliphatic carbocycles. The van der Waals surface area contributed by atoms with Crippen LogP contribution in [0.5, 0.6) is 0 Å². The maximum atomic E-state index is 5.67. The Bertz CT molecular complexity index is 952. The number of rotatable bonds is 9. The number of imidazole rings is 1. The minimum absolute atomic E-state index is 0.585. The summed E-state index contributed by atoms with van der Waals surface area (Å²) in [5.41, 5.74) is 4.53. The average Bonchev–Trinajstić information content (AvgIpc) is 3.19. The molecule has 0 amide bonds. The van der Waals surface area contributed by atoms with Crippen LogP contribution in [0.4, 0.5) is 5.82 Å². The summed E-state index contributed by atoms with van der Waals surface area (Å²) in [6.45, 7) is 8.71. The van der Waals surface area contributed by atoms with E-state index in [-0.39, 0.29) is 0 Å². The van der Waals surface area contributed by atoms with Gasteiger partial charge in [0, 0.05) is 45.0 Å². The molecule has 0 atom stereocenters. The van der Waals surface area contributed by atoms with Crippen LogP contribution in [0, 0.1) is 0 Å². The smallest absolute Gasteiger partial charge is 0.135 e. The third-order valence-corrected chi connectivity index (χ3v) is 5.56. The Morgan fingerprint density at radius 3 is 2.73 bits per heavy atom.